The van der Waals surface area contributed by atoms with Crippen LogP contribution in [0.2, 0.25) is 0 Å². The molecule has 1 aliphatic carbocycles. The van der Waals surface area contributed by atoms with Crippen LogP contribution in [-0.4, -0.2) is 35.4 Å². The van der Waals surface area contributed by atoms with Crippen molar-refractivity contribution in [1.82, 2.24) is 9.88 Å². The number of pyridine rings is 1. The average Bonchev–Trinajstić information content (AvgIpc) is 3.19. The third-order valence-corrected chi connectivity index (χ3v) is 2.75. The van der Waals surface area contributed by atoms with Gasteiger partial charge in [0, 0.05) is 19.3 Å². The highest BCUT2D eigenvalue weighted by atomic mass is 16.2. The Labute approximate surface area is 101 Å². The van der Waals surface area contributed by atoms with Gasteiger partial charge < -0.3 is 10.6 Å². The van der Waals surface area contributed by atoms with Gasteiger partial charge in [-0.15, -0.1) is 0 Å². The molecular formula is C13H15N3O. The van der Waals surface area contributed by atoms with E-state index in [0.29, 0.717) is 17.3 Å². The Morgan fingerprint density at radius 2 is 2.41 bits per heavy atom. The molecular weight excluding hydrogens is 214 g/mol. The molecule has 0 atom stereocenters. The molecule has 0 unspecified atom stereocenters. The van der Waals surface area contributed by atoms with Gasteiger partial charge >= 0.3 is 0 Å². The van der Waals surface area contributed by atoms with Gasteiger partial charge in [0.15, 0.2) is 0 Å². The maximum atomic E-state index is 12.2. The highest BCUT2D eigenvalue weighted by Crippen LogP contribution is 2.26. The first-order chi connectivity index (χ1) is 8.24. The predicted molar refractivity (Wildman–Crippen MR) is 65.3 cm³/mol. The zero-order valence-corrected chi connectivity index (χ0v) is 9.81. The van der Waals surface area contributed by atoms with Crippen molar-refractivity contribution in [2.75, 3.05) is 13.6 Å². The second-order valence-corrected chi connectivity index (χ2v) is 4.05. The summed E-state index contributed by atoms with van der Waals surface area (Å²) >= 11 is 0. The smallest absolute Gasteiger partial charge is 0.273 e. The summed E-state index contributed by atoms with van der Waals surface area (Å²) in [5, 5.41) is 0. The van der Waals surface area contributed by atoms with Crippen molar-refractivity contribution in [1.29, 1.82) is 0 Å². The molecule has 17 heavy (non-hydrogen) atoms. The number of nitrogens with zero attached hydrogens (tertiary/aromatic N) is 2. The Bertz CT molecular complexity index is 483. The van der Waals surface area contributed by atoms with Crippen molar-refractivity contribution < 1.29 is 4.79 Å². The number of hydrogen-bond acceptors (Lipinski definition) is 3. The molecule has 0 spiro atoms. The Balaban J connectivity index is 2.27. The van der Waals surface area contributed by atoms with E-state index in [4.69, 9.17) is 5.73 Å². The fraction of sp³-hybridized carbons (Fsp3) is 0.385. The standard InChI is InChI=1S/C13H15N3O/c1-16(11-6-7-11)13(17)12-10(4-2-8-14)5-3-9-15-12/h3,5,9,11H,6-8,14H2,1H3. The fourth-order valence-electron chi connectivity index (χ4n) is 1.62. The first kappa shape index (κ1) is 11.6. The van der Waals surface area contributed by atoms with Gasteiger partial charge in [-0.25, -0.2) is 4.98 Å². The lowest BCUT2D eigenvalue weighted by Crippen LogP contribution is -2.30. The summed E-state index contributed by atoms with van der Waals surface area (Å²) in [5.74, 6) is 5.57. The average molecular weight is 229 g/mol. The van der Waals surface area contributed by atoms with Crippen LogP contribution in [0.4, 0.5) is 0 Å². The third kappa shape index (κ3) is 2.63. The van der Waals surface area contributed by atoms with E-state index in [1.807, 2.05) is 7.05 Å². The topological polar surface area (TPSA) is 59.2 Å². The van der Waals surface area contributed by atoms with Crippen molar-refractivity contribution >= 4 is 5.91 Å². The SMILES string of the molecule is CN(C(=O)c1ncccc1C#CCN)C1CC1. The van der Waals surface area contributed by atoms with Gasteiger partial charge in [0.2, 0.25) is 0 Å². The number of amides is 1. The Morgan fingerprint density at radius 1 is 1.65 bits per heavy atom. The zero-order valence-electron chi connectivity index (χ0n) is 9.81. The van der Waals surface area contributed by atoms with E-state index in [-0.39, 0.29) is 12.5 Å². The van der Waals surface area contributed by atoms with Crippen molar-refractivity contribution in [3.63, 3.8) is 0 Å². The van der Waals surface area contributed by atoms with E-state index in [0.717, 1.165) is 12.8 Å². The second kappa shape index (κ2) is 4.98. The van der Waals surface area contributed by atoms with E-state index in [1.165, 1.54) is 0 Å². The quantitative estimate of drug-likeness (QED) is 0.756. The fourth-order valence-corrected chi connectivity index (χ4v) is 1.62. The lowest BCUT2D eigenvalue weighted by molar-refractivity contribution is 0.0779. The van der Waals surface area contributed by atoms with Crippen molar-refractivity contribution in [2.45, 2.75) is 18.9 Å². The summed E-state index contributed by atoms with van der Waals surface area (Å²) in [7, 11) is 1.81. The zero-order chi connectivity index (χ0) is 12.3. The Hall–Kier alpha value is -1.86. The highest BCUT2D eigenvalue weighted by molar-refractivity contribution is 5.95. The normalized spacial score (nSPS) is 13.8. The molecule has 1 aliphatic rings. The minimum Gasteiger partial charge on any atom is -0.337 e. The molecule has 2 rings (SSSR count). The number of aromatic nitrogens is 1. The van der Waals surface area contributed by atoms with Crippen LogP contribution in [0.15, 0.2) is 18.3 Å². The number of carbonyl (C=O) groups excluding carboxylic acids is 1. The van der Waals surface area contributed by atoms with Crippen LogP contribution in [0.3, 0.4) is 0 Å². The molecule has 1 fully saturated rings. The predicted octanol–water partition coefficient (Wildman–Crippen LogP) is 0.626. The molecule has 1 aromatic heterocycles. The van der Waals surface area contributed by atoms with E-state index >= 15 is 0 Å². The van der Waals surface area contributed by atoms with Crippen LogP contribution in [0.5, 0.6) is 0 Å². The molecule has 1 saturated carbocycles. The second-order valence-electron chi connectivity index (χ2n) is 4.05. The van der Waals surface area contributed by atoms with Crippen LogP contribution in [-0.2, 0) is 0 Å². The van der Waals surface area contributed by atoms with Crippen LogP contribution in [0, 0.1) is 11.8 Å². The third-order valence-electron chi connectivity index (χ3n) is 2.75. The van der Waals surface area contributed by atoms with Crippen LogP contribution < -0.4 is 5.73 Å². The van der Waals surface area contributed by atoms with Gasteiger partial charge in [-0.3, -0.25) is 4.79 Å². The van der Waals surface area contributed by atoms with E-state index in [1.54, 1.807) is 23.2 Å². The van der Waals surface area contributed by atoms with Gasteiger partial charge in [-0.05, 0) is 25.0 Å². The van der Waals surface area contributed by atoms with Crippen LogP contribution in [0.25, 0.3) is 0 Å². The summed E-state index contributed by atoms with van der Waals surface area (Å²) in [6.45, 7) is 0.279. The summed E-state index contributed by atoms with van der Waals surface area (Å²) in [5.41, 5.74) is 6.40. The molecule has 1 heterocycles. The summed E-state index contributed by atoms with van der Waals surface area (Å²) in [6, 6.07) is 3.94. The van der Waals surface area contributed by atoms with Crippen molar-refractivity contribution in [3.05, 3.63) is 29.6 Å². The van der Waals surface area contributed by atoms with Crippen LogP contribution in [0.1, 0.15) is 28.9 Å². The van der Waals surface area contributed by atoms with Gasteiger partial charge in [-0.1, -0.05) is 11.8 Å². The number of hydrogen-bond donors (Lipinski definition) is 1. The van der Waals surface area contributed by atoms with Gasteiger partial charge in [-0.2, -0.15) is 0 Å². The molecule has 88 valence electrons. The monoisotopic (exact) mass is 229 g/mol. The lowest BCUT2D eigenvalue weighted by Gasteiger charge is -2.16. The minimum absolute atomic E-state index is 0.0607. The van der Waals surface area contributed by atoms with Crippen molar-refractivity contribution in [3.8, 4) is 11.8 Å². The minimum atomic E-state index is -0.0607. The molecule has 0 aliphatic heterocycles. The highest BCUT2D eigenvalue weighted by Gasteiger charge is 2.31. The van der Waals surface area contributed by atoms with E-state index in [9.17, 15) is 4.79 Å². The molecule has 0 saturated heterocycles. The van der Waals surface area contributed by atoms with Crippen molar-refractivity contribution in [2.24, 2.45) is 5.73 Å². The largest absolute Gasteiger partial charge is 0.337 e. The number of nitrogens with two attached hydrogens (primary N) is 1. The molecule has 0 radical (unpaired) electrons. The molecule has 4 nitrogen and oxygen atoms in total. The Morgan fingerprint density at radius 3 is 3.06 bits per heavy atom. The maximum Gasteiger partial charge on any atom is 0.273 e. The lowest BCUT2D eigenvalue weighted by atomic mass is 10.2. The van der Waals surface area contributed by atoms with Crippen LogP contribution >= 0.6 is 0 Å². The number of rotatable bonds is 2. The molecule has 0 bridgehead atoms. The van der Waals surface area contributed by atoms with Gasteiger partial charge in [0.25, 0.3) is 5.91 Å². The summed E-state index contributed by atoms with van der Waals surface area (Å²) in [4.78, 5) is 18.0. The van der Waals surface area contributed by atoms with E-state index < -0.39 is 0 Å². The maximum absolute atomic E-state index is 12.2. The number of carbonyl (C=O) groups is 1. The summed E-state index contributed by atoms with van der Waals surface area (Å²) in [6.07, 6.45) is 3.78. The van der Waals surface area contributed by atoms with Gasteiger partial charge in [0.1, 0.15) is 5.69 Å². The molecule has 1 amide bonds. The molecule has 0 aromatic carbocycles. The molecule has 4 heteroatoms. The van der Waals surface area contributed by atoms with E-state index in [2.05, 4.69) is 16.8 Å². The first-order valence-electron chi connectivity index (χ1n) is 5.65. The van der Waals surface area contributed by atoms with Gasteiger partial charge in [0.05, 0.1) is 12.1 Å². The molecule has 2 N–H and O–H groups in total. The molecule has 1 aromatic rings. The Kier molecular flexibility index (Phi) is 3.40. The first-order valence-corrected chi connectivity index (χ1v) is 5.65. The summed E-state index contributed by atoms with van der Waals surface area (Å²) < 4.78 is 0.